The van der Waals surface area contributed by atoms with E-state index < -0.39 is 0 Å². The summed E-state index contributed by atoms with van der Waals surface area (Å²) >= 11 is 0. The van der Waals surface area contributed by atoms with Gasteiger partial charge >= 0.3 is 21.1 Å². The third-order valence-corrected chi connectivity index (χ3v) is 6.07. The van der Waals surface area contributed by atoms with Gasteiger partial charge in [0.15, 0.2) is 0 Å². The number of fused-ring (bicyclic) bond motifs is 6. The molecule has 7 rings (SSSR count). The van der Waals surface area contributed by atoms with Crippen LogP contribution in [0.3, 0.4) is 0 Å². The zero-order valence-corrected chi connectivity index (χ0v) is 20.4. The van der Waals surface area contributed by atoms with Crippen LogP contribution in [0.25, 0.3) is 39.1 Å². The molecule has 8 heteroatoms. The van der Waals surface area contributed by atoms with Crippen molar-refractivity contribution in [3.8, 4) is 28.8 Å². The van der Waals surface area contributed by atoms with Gasteiger partial charge in [0.2, 0.25) is 5.95 Å². The molecule has 0 saturated carbocycles. The zero-order valence-electron chi connectivity index (χ0n) is 18.1. The number of hydrogen-bond acceptors (Lipinski definition) is 4. The van der Waals surface area contributed by atoms with E-state index in [-0.39, 0.29) is 21.1 Å². The molecule has 3 aromatic heterocycles. The third-order valence-electron chi connectivity index (χ3n) is 6.07. The molecule has 0 spiro atoms. The molecule has 0 bridgehead atoms. The molecule has 0 radical (unpaired) electrons. The molecule has 0 fully saturated rings. The summed E-state index contributed by atoms with van der Waals surface area (Å²) in [5.74, 6) is 2.93. The fourth-order valence-corrected chi connectivity index (χ4v) is 4.53. The Balaban J connectivity index is 0.00000217. The molecular formula is C26H18N6OPt. The summed E-state index contributed by atoms with van der Waals surface area (Å²) in [7, 11) is 1.99. The summed E-state index contributed by atoms with van der Waals surface area (Å²) in [5.41, 5.74) is 3.88. The molecule has 1 N–H and O–H groups in total. The molecule has 168 valence electrons. The van der Waals surface area contributed by atoms with E-state index in [1.54, 1.807) is 12.4 Å². The van der Waals surface area contributed by atoms with Gasteiger partial charge in [0.1, 0.15) is 0 Å². The first-order valence-electron chi connectivity index (χ1n) is 10.7. The van der Waals surface area contributed by atoms with Gasteiger partial charge in [-0.1, -0.05) is 41.4 Å². The number of hydrogen-bond donors (Lipinski definition) is 1. The molecule has 1 aliphatic rings. The van der Waals surface area contributed by atoms with Crippen LogP contribution in [0.4, 0.5) is 5.69 Å². The van der Waals surface area contributed by atoms with Gasteiger partial charge in [-0.25, -0.2) is 4.98 Å². The topological polar surface area (TPSA) is 61.8 Å². The van der Waals surface area contributed by atoms with Crippen LogP contribution in [-0.2, 0) is 34.8 Å². The van der Waals surface area contributed by atoms with Gasteiger partial charge in [0.05, 0.1) is 12.5 Å². The van der Waals surface area contributed by atoms with Crippen LogP contribution in [0.2, 0.25) is 0 Å². The summed E-state index contributed by atoms with van der Waals surface area (Å²) in [6, 6.07) is 23.1. The number of para-hydroxylation sites is 1. The number of ether oxygens (including phenoxy) is 1. The first-order chi connectivity index (χ1) is 16.3. The number of imidazole rings is 2. The standard InChI is InChI=1S/C26H18N6O.Pt/c1-30-12-10-28-26(30)32-23-5-3-2-4-19(23)20-8-6-18(15-24(20)32)33-17-7-9-22-21(14-17)25-27-11-13-31(25)16-29-22;/h2-13,29H,16H2,1H3;/q-2;+2. The minimum atomic E-state index is 0. The van der Waals surface area contributed by atoms with Gasteiger partial charge < -0.3 is 23.8 Å². The number of nitrogens with zero attached hydrogens (tertiary/aromatic N) is 5. The number of aryl methyl sites for hydroxylation is 1. The van der Waals surface area contributed by atoms with Crippen molar-refractivity contribution in [2.45, 2.75) is 6.67 Å². The second-order valence-electron chi connectivity index (χ2n) is 8.04. The van der Waals surface area contributed by atoms with Crippen LogP contribution >= 0.6 is 0 Å². The number of rotatable bonds is 3. The second-order valence-corrected chi connectivity index (χ2v) is 8.04. The van der Waals surface area contributed by atoms with E-state index in [1.807, 2.05) is 52.8 Å². The molecule has 34 heavy (non-hydrogen) atoms. The van der Waals surface area contributed by atoms with Crippen molar-refractivity contribution in [1.82, 2.24) is 23.7 Å². The van der Waals surface area contributed by atoms with Crippen molar-refractivity contribution in [3.63, 3.8) is 0 Å². The van der Waals surface area contributed by atoms with Crippen LogP contribution in [0.5, 0.6) is 11.5 Å². The van der Waals surface area contributed by atoms with Crippen LogP contribution < -0.4 is 10.1 Å². The van der Waals surface area contributed by atoms with E-state index in [0.717, 1.165) is 44.8 Å². The Morgan fingerprint density at radius 3 is 2.62 bits per heavy atom. The van der Waals surface area contributed by atoms with Crippen LogP contribution in [-0.4, -0.2) is 23.7 Å². The SMILES string of the molecule is Cn1ccnc1-n1c2[c-]c(Oc3[c-]c4c(cc3)NCn3ccnc3-4)ccc2c2ccccc21.[Pt+2]. The van der Waals surface area contributed by atoms with Gasteiger partial charge in [-0.15, -0.1) is 23.6 Å². The molecule has 7 nitrogen and oxygen atoms in total. The van der Waals surface area contributed by atoms with Gasteiger partial charge in [-0.3, -0.25) is 4.98 Å². The largest absolute Gasteiger partial charge is 2.00 e. The number of benzene rings is 3. The van der Waals surface area contributed by atoms with Gasteiger partial charge in [-0.2, -0.15) is 6.07 Å². The van der Waals surface area contributed by atoms with Gasteiger partial charge in [-0.05, 0) is 17.1 Å². The maximum Gasteiger partial charge on any atom is 2.00 e. The number of aromatic nitrogens is 5. The van der Waals surface area contributed by atoms with E-state index in [4.69, 9.17) is 4.74 Å². The third kappa shape index (κ3) is 3.08. The fraction of sp³-hybridized carbons (Fsp3) is 0.0769. The van der Waals surface area contributed by atoms with E-state index >= 15 is 0 Å². The first kappa shape index (κ1) is 20.8. The maximum absolute atomic E-state index is 6.23. The predicted molar refractivity (Wildman–Crippen MR) is 127 cm³/mol. The van der Waals surface area contributed by atoms with Crippen LogP contribution in [0, 0.1) is 12.1 Å². The average Bonchev–Trinajstić information content (AvgIpc) is 3.56. The van der Waals surface area contributed by atoms with E-state index in [9.17, 15) is 0 Å². The summed E-state index contributed by atoms with van der Waals surface area (Å²) in [5, 5.41) is 5.63. The fourth-order valence-electron chi connectivity index (χ4n) is 4.53. The van der Waals surface area contributed by atoms with Crippen LogP contribution in [0.1, 0.15) is 0 Å². The zero-order chi connectivity index (χ0) is 21.9. The van der Waals surface area contributed by atoms with E-state index in [1.165, 1.54) is 0 Å². The summed E-state index contributed by atoms with van der Waals surface area (Å²) in [6.07, 6.45) is 7.49. The molecule has 6 aromatic rings. The molecule has 0 amide bonds. The average molecular weight is 626 g/mol. The monoisotopic (exact) mass is 625 g/mol. The molecule has 1 aliphatic heterocycles. The summed E-state index contributed by atoms with van der Waals surface area (Å²) in [4.78, 5) is 9.05. The van der Waals surface area contributed by atoms with Crippen molar-refractivity contribution < 1.29 is 25.8 Å². The maximum atomic E-state index is 6.23. The Bertz CT molecular complexity index is 1680. The molecule has 0 atom stereocenters. The Labute approximate surface area is 209 Å². The molecule has 0 unspecified atom stereocenters. The predicted octanol–water partition coefficient (Wildman–Crippen LogP) is 5.15. The first-order valence-corrected chi connectivity index (χ1v) is 10.7. The quantitative estimate of drug-likeness (QED) is 0.277. The Morgan fingerprint density at radius 2 is 1.74 bits per heavy atom. The van der Waals surface area contributed by atoms with Gasteiger partial charge in [0.25, 0.3) is 0 Å². The van der Waals surface area contributed by atoms with Crippen molar-refractivity contribution >= 4 is 27.5 Å². The van der Waals surface area contributed by atoms with Crippen molar-refractivity contribution in [1.29, 1.82) is 0 Å². The Hall–Kier alpha value is -3.83. The van der Waals surface area contributed by atoms with Crippen molar-refractivity contribution in [3.05, 3.63) is 85.5 Å². The van der Waals surface area contributed by atoms with Crippen LogP contribution in [0.15, 0.2) is 73.3 Å². The second kappa shape index (κ2) is 7.89. The molecule has 0 aliphatic carbocycles. The molecule has 4 heterocycles. The Kier molecular flexibility index (Phi) is 4.81. The molecular weight excluding hydrogens is 607 g/mol. The smallest absolute Gasteiger partial charge is 0.503 e. The minimum absolute atomic E-state index is 0. The van der Waals surface area contributed by atoms with Crippen molar-refractivity contribution in [2.75, 3.05) is 5.32 Å². The van der Waals surface area contributed by atoms with Crippen molar-refractivity contribution in [2.24, 2.45) is 7.05 Å². The number of anilines is 1. The molecule has 0 saturated heterocycles. The minimum Gasteiger partial charge on any atom is -0.503 e. The Morgan fingerprint density at radius 1 is 0.912 bits per heavy atom. The molecule has 3 aromatic carbocycles. The summed E-state index contributed by atoms with van der Waals surface area (Å²) in [6.45, 7) is 0.693. The van der Waals surface area contributed by atoms with Gasteiger partial charge in [0, 0.05) is 48.9 Å². The summed E-state index contributed by atoms with van der Waals surface area (Å²) < 4.78 is 12.4. The number of nitrogens with one attached hydrogen (secondary N) is 1. The normalized spacial score (nSPS) is 12.1. The van der Waals surface area contributed by atoms with E-state index in [0.29, 0.717) is 18.2 Å². The van der Waals surface area contributed by atoms with E-state index in [2.05, 4.69) is 56.3 Å².